The SMILES string of the molecule is CC(=O)NC1C(OCCNC(=O)C(C)(CC(C)(C#N)CCC(=O)OCCOCCOCCOCCn2nnc3c2-c2ccccc2CN(C(=O)CCNC(=O)OCCSSCCOC(C)=O)c2ccccc2-3)SC(=S)c2ccccc2)OC(CO)C(O)C1O. The zero-order valence-corrected chi connectivity index (χ0v) is 53.4. The van der Waals surface area contributed by atoms with E-state index in [9.17, 15) is 49.3 Å². The van der Waals surface area contributed by atoms with Crippen LogP contribution in [0.2, 0.25) is 0 Å². The minimum Gasteiger partial charge on any atom is -0.465 e. The van der Waals surface area contributed by atoms with E-state index >= 15 is 0 Å². The molecule has 0 aliphatic carbocycles. The average molecular weight is 1310 g/mol. The second kappa shape index (κ2) is 37.2. The normalized spacial score (nSPS) is 18.2. The molecule has 1 aromatic heterocycles. The average Bonchev–Trinajstić information content (AvgIpc) is 1.74. The number of benzene rings is 3. The first-order valence-electron chi connectivity index (χ1n) is 28.9. The van der Waals surface area contributed by atoms with E-state index in [4.69, 9.17) is 50.1 Å². The number of hydrogen-bond donors (Lipinski definition) is 6. The van der Waals surface area contributed by atoms with Gasteiger partial charge in [0.05, 0.1) is 97.8 Å². The Morgan fingerprint density at radius 2 is 1.43 bits per heavy atom. The van der Waals surface area contributed by atoms with Gasteiger partial charge in [-0.25, -0.2) is 9.48 Å². The van der Waals surface area contributed by atoms with Crippen LogP contribution in [-0.2, 0) is 75.0 Å². The number of aliphatic hydroxyl groups is 3. The van der Waals surface area contributed by atoms with E-state index in [0.717, 1.165) is 34.1 Å². The van der Waals surface area contributed by atoms with E-state index in [1.165, 1.54) is 35.4 Å². The van der Waals surface area contributed by atoms with E-state index in [2.05, 4.69) is 32.3 Å². The maximum atomic E-state index is 14.1. The minimum absolute atomic E-state index is 0.0181. The van der Waals surface area contributed by atoms with Crippen molar-refractivity contribution in [3.8, 4) is 28.6 Å². The number of esters is 2. The predicted molar refractivity (Wildman–Crippen MR) is 337 cm³/mol. The number of alkyl carbamates (subject to hydrolysis) is 1. The smallest absolute Gasteiger partial charge is 0.407 e. The molecule has 6 rings (SSSR count). The number of carbonyl (C=O) groups is 6. The van der Waals surface area contributed by atoms with Crippen LogP contribution < -0.4 is 20.9 Å². The van der Waals surface area contributed by atoms with E-state index in [-0.39, 0.29) is 103 Å². The number of thiocarbonyl (C=S) groups is 1. The Balaban J connectivity index is 0.888. The Morgan fingerprint density at radius 1 is 0.775 bits per heavy atom. The van der Waals surface area contributed by atoms with Crippen LogP contribution in [0.4, 0.5) is 10.5 Å². The molecule has 6 N–H and O–H groups in total. The zero-order chi connectivity index (χ0) is 64.2. The lowest BCUT2D eigenvalue weighted by atomic mass is 9.78. The summed E-state index contributed by atoms with van der Waals surface area (Å²) in [5.74, 6) is -0.906. The summed E-state index contributed by atoms with van der Waals surface area (Å²) in [5.41, 5.74) is 4.02. The molecule has 484 valence electrons. The summed E-state index contributed by atoms with van der Waals surface area (Å²) in [6.07, 6.45) is -6.13. The molecule has 0 saturated carbocycles. The molecule has 0 bridgehead atoms. The second-order valence-corrected chi connectivity index (χ2v) is 25.8. The van der Waals surface area contributed by atoms with E-state index < -0.39 is 71.3 Å². The van der Waals surface area contributed by atoms with Crippen LogP contribution in [0.5, 0.6) is 0 Å². The molecule has 2 aliphatic heterocycles. The number of amides is 4. The standard InChI is InChI=1S/C60H78N8O17S4/c1-40(70)64-51-54(75)53(74)47(37-69)85-55(51)83-24-22-62-57(76)60(4,89-56(86)42-12-6-5-7-13-42)38-59(3,39-61)20-18-49(73)82-31-30-80-29-28-79-27-26-78-25-23-68-52-44-15-9-8-14-43(44)36-67(46-17-11-10-16-45(46)50(52)65-66-68)48(72)19-21-63-58(77)84-33-35-88-87-34-32-81-41(2)71/h5-17,47,51,53-55,69,74-75H,18-38H2,1-4H3,(H,62,76)(H,63,77)(H,64,70). The molecule has 7 atom stereocenters. The van der Waals surface area contributed by atoms with Gasteiger partial charge in [-0.15, -0.1) is 5.10 Å². The molecule has 1 saturated heterocycles. The van der Waals surface area contributed by atoms with Gasteiger partial charge < -0.3 is 74.1 Å². The largest absolute Gasteiger partial charge is 0.465 e. The lowest BCUT2D eigenvalue weighted by molar-refractivity contribution is -0.269. The summed E-state index contributed by atoms with van der Waals surface area (Å²) in [6, 6.07) is 25.5. The first kappa shape index (κ1) is 71.8. The minimum atomic E-state index is -1.51. The van der Waals surface area contributed by atoms with Gasteiger partial charge in [0.25, 0.3) is 0 Å². The number of para-hydroxylation sites is 1. The maximum absolute atomic E-state index is 14.1. The Kier molecular flexibility index (Phi) is 30.0. The number of ether oxygens (including phenoxy) is 8. The fraction of sp³-hybridized carbons (Fsp3) is 0.533. The van der Waals surface area contributed by atoms with Crippen molar-refractivity contribution in [2.75, 3.05) is 102 Å². The van der Waals surface area contributed by atoms with E-state index in [1.54, 1.807) is 23.4 Å². The fourth-order valence-electron chi connectivity index (χ4n) is 9.58. The molecule has 3 aromatic carbocycles. The number of nitrogens with zero attached hydrogens (tertiary/aromatic N) is 5. The van der Waals surface area contributed by atoms with Crippen LogP contribution in [0, 0.1) is 16.7 Å². The van der Waals surface area contributed by atoms with Gasteiger partial charge in [0.15, 0.2) is 6.29 Å². The van der Waals surface area contributed by atoms with Crippen molar-refractivity contribution in [2.45, 2.75) is 102 Å². The first-order valence-corrected chi connectivity index (χ1v) is 32.7. The lowest BCUT2D eigenvalue weighted by Crippen LogP contribution is -2.64. The first-order chi connectivity index (χ1) is 42.9. The molecular weight excluding hydrogens is 1230 g/mol. The van der Waals surface area contributed by atoms with Crippen molar-refractivity contribution < 1.29 is 82.0 Å². The molecule has 7 unspecified atom stereocenters. The van der Waals surface area contributed by atoms with Gasteiger partial charge >= 0.3 is 18.0 Å². The highest BCUT2D eigenvalue weighted by Gasteiger charge is 2.46. The number of nitrogens with one attached hydrogen (secondary N) is 3. The molecule has 1 fully saturated rings. The van der Waals surface area contributed by atoms with Crippen LogP contribution in [0.15, 0.2) is 78.9 Å². The predicted octanol–water partition coefficient (Wildman–Crippen LogP) is 4.76. The van der Waals surface area contributed by atoms with Crippen LogP contribution in [-0.4, -0.2) is 203 Å². The molecule has 29 heteroatoms. The highest BCUT2D eigenvalue weighted by atomic mass is 33.1. The second-order valence-electron chi connectivity index (χ2n) is 20.9. The van der Waals surface area contributed by atoms with Gasteiger partial charge in [0.1, 0.15) is 49.9 Å². The third kappa shape index (κ3) is 22.6. The number of aromatic nitrogens is 3. The summed E-state index contributed by atoms with van der Waals surface area (Å²) in [4.78, 5) is 77.8. The Bertz CT molecular complexity index is 3020. The van der Waals surface area contributed by atoms with Gasteiger partial charge in [-0.2, -0.15) is 5.26 Å². The molecule has 2 aliphatic rings. The quantitative estimate of drug-likeness (QED) is 0.0118. The van der Waals surface area contributed by atoms with Gasteiger partial charge in [-0.05, 0) is 43.9 Å². The summed E-state index contributed by atoms with van der Waals surface area (Å²) in [7, 11) is 3.01. The summed E-state index contributed by atoms with van der Waals surface area (Å²) < 4.78 is 45.1. The maximum Gasteiger partial charge on any atom is 0.407 e. The molecule has 0 radical (unpaired) electrons. The van der Waals surface area contributed by atoms with Gasteiger partial charge in [-0.1, -0.05) is 124 Å². The molecule has 0 spiro atoms. The highest BCUT2D eigenvalue weighted by Crippen LogP contribution is 2.43. The summed E-state index contributed by atoms with van der Waals surface area (Å²) in [5, 5.41) is 58.2. The van der Waals surface area contributed by atoms with Crippen LogP contribution in [0.25, 0.3) is 22.5 Å². The molecule has 4 aromatic rings. The van der Waals surface area contributed by atoms with Gasteiger partial charge in [0, 0.05) is 62.4 Å². The van der Waals surface area contributed by atoms with Crippen molar-refractivity contribution in [1.29, 1.82) is 5.26 Å². The zero-order valence-electron chi connectivity index (χ0n) is 50.2. The molecule has 3 heterocycles. The number of aliphatic hydroxyl groups excluding tert-OH is 3. The number of fused-ring (bicyclic) bond motifs is 5. The number of carbonyl (C=O) groups excluding carboxylic acids is 6. The van der Waals surface area contributed by atoms with Crippen molar-refractivity contribution >= 4 is 91.2 Å². The van der Waals surface area contributed by atoms with Crippen molar-refractivity contribution in [3.63, 3.8) is 0 Å². The molecule has 4 amide bonds. The number of nitriles is 1. The number of rotatable bonds is 36. The van der Waals surface area contributed by atoms with Crippen LogP contribution in [0.3, 0.4) is 0 Å². The third-order valence-electron chi connectivity index (χ3n) is 13.9. The third-order valence-corrected chi connectivity index (χ3v) is 18.0. The Hall–Kier alpha value is -6.27. The van der Waals surface area contributed by atoms with Crippen LogP contribution in [0.1, 0.15) is 64.5 Å². The monoisotopic (exact) mass is 1310 g/mol. The molecular formula is C60H78N8O17S4. The van der Waals surface area contributed by atoms with Crippen molar-refractivity contribution in [1.82, 2.24) is 30.9 Å². The summed E-state index contributed by atoms with van der Waals surface area (Å²) in [6.45, 7) is 7.68. The van der Waals surface area contributed by atoms with E-state index in [1.807, 2.05) is 78.9 Å². The Morgan fingerprint density at radius 3 is 2.11 bits per heavy atom. The number of hydrogen-bond acceptors (Lipinski definition) is 24. The molecule has 25 nitrogen and oxygen atoms in total. The lowest BCUT2D eigenvalue weighted by Gasteiger charge is -2.42. The van der Waals surface area contributed by atoms with Crippen molar-refractivity contribution in [2.24, 2.45) is 5.41 Å². The topological polar surface area (TPSA) is 331 Å². The van der Waals surface area contributed by atoms with Crippen LogP contribution >= 0.6 is 45.6 Å². The Labute approximate surface area is 534 Å². The number of anilines is 1. The molecule has 89 heavy (non-hydrogen) atoms. The number of thioether (sulfide) groups is 1. The van der Waals surface area contributed by atoms with Gasteiger partial charge in [-0.3, -0.25) is 24.0 Å². The van der Waals surface area contributed by atoms with Crippen molar-refractivity contribution in [3.05, 3.63) is 90.0 Å². The van der Waals surface area contributed by atoms with Gasteiger partial charge in [0.2, 0.25) is 17.7 Å². The summed E-state index contributed by atoms with van der Waals surface area (Å²) >= 11 is 6.87. The highest BCUT2D eigenvalue weighted by molar-refractivity contribution is 8.76. The fourth-order valence-corrected chi connectivity index (χ4v) is 13.1. The van der Waals surface area contributed by atoms with E-state index in [0.29, 0.717) is 59.0 Å².